The number of imidazole rings is 1. The summed E-state index contributed by atoms with van der Waals surface area (Å²) >= 11 is 3.28. The van der Waals surface area contributed by atoms with Crippen molar-refractivity contribution in [2.75, 3.05) is 12.0 Å². The van der Waals surface area contributed by atoms with Crippen LogP contribution >= 0.6 is 23.1 Å². The van der Waals surface area contributed by atoms with Gasteiger partial charge in [0.2, 0.25) is 0 Å². The molecule has 1 aromatic carbocycles. The molecule has 6 heteroatoms. The number of fused-ring (bicyclic) bond motifs is 1. The Morgan fingerprint density at radius 3 is 2.87 bits per heavy atom. The molecule has 1 unspecified atom stereocenters. The highest BCUT2D eigenvalue weighted by Gasteiger charge is 2.19. The van der Waals surface area contributed by atoms with Gasteiger partial charge in [-0.2, -0.15) is 11.8 Å². The first-order valence-corrected chi connectivity index (χ1v) is 9.69. The predicted octanol–water partition coefficient (Wildman–Crippen LogP) is 4.16. The second kappa shape index (κ2) is 7.19. The van der Waals surface area contributed by atoms with E-state index in [2.05, 4.69) is 21.5 Å². The molecule has 0 saturated carbocycles. The number of aromatic nitrogens is 2. The summed E-state index contributed by atoms with van der Waals surface area (Å²) in [6.45, 7) is 2.01. The standard InChI is InChI=1S/C17H19N3OS2/c1-11-7-8-15(23-11)17(21)20-14(9-10-22-2)16-18-12-5-3-4-6-13(12)19-16/h3-8,14H,9-10H2,1-2H3,(H,18,19)(H,20,21). The first-order chi connectivity index (χ1) is 11.2. The van der Waals surface area contributed by atoms with Crippen molar-refractivity contribution >= 4 is 40.0 Å². The Hall–Kier alpha value is -1.79. The number of rotatable bonds is 6. The molecular formula is C17H19N3OS2. The predicted molar refractivity (Wildman–Crippen MR) is 98.4 cm³/mol. The summed E-state index contributed by atoms with van der Waals surface area (Å²) in [4.78, 5) is 22.3. The van der Waals surface area contributed by atoms with E-state index in [1.807, 2.05) is 43.3 Å². The fourth-order valence-electron chi connectivity index (χ4n) is 2.44. The van der Waals surface area contributed by atoms with Crippen molar-refractivity contribution in [2.24, 2.45) is 0 Å². The third-order valence-corrected chi connectivity index (χ3v) is 5.26. The van der Waals surface area contributed by atoms with Crippen LogP contribution in [0.15, 0.2) is 36.4 Å². The van der Waals surface area contributed by atoms with E-state index < -0.39 is 0 Å². The number of hydrogen-bond acceptors (Lipinski definition) is 4. The number of carbonyl (C=O) groups excluding carboxylic acids is 1. The lowest BCUT2D eigenvalue weighted by atomic mass is 10.2. The molecule has 0 radical (unpaired) electrons. The van der Waals surface area contributed by atoms with Crippen molar-refractivity contribution < 1.29 is 4.79 Å². The van der Waals surface area contributed by atoms with E-state index in [-0.39, 0.29) is 11.9 Å². The second-order valence-corrected chi connectivity index (χ2v) is 7.63. The second-order valence-electron chi connectivity index (χ2n) is 5.36. The average molecular weight is 345 g/mol. The number of H-pyrrole nitrogens is 1. The number of thioether (sulfide) groups is 1. The van der Waals surface area contributed by atoms with Crippen molar-refractivity contribution in [3.8, 4) is 0 Å². The summed E-state index contributed by atoms with van der Waals surface area (Å²) < 4.78 is 0. The van der Waals surface area contributed by atoms with Crippen LogP contribution in [0.2, 0.25) is 0 Å². The van der Waals surface area contributed by atoms with Crippen LogP contribution in [0.5, 0.6) is 0 Å². The van der Waals surface area contributed by atoms with Crippen LogP contribution in [0.1, 0.15) is 32.8 Å². The van der Waals surface area contributed by atoms with Gasteiger partial charge in [-0.1, -0.05) is 12.1 Å². The van der Waals surface area contributed by atoms with Crippen LogP contribution in [0.4, 0.5) is 0 Å². The number of aryl methyl sites for hydroxylation is 1. The van der Waals surface area contributed by atoms with Gasteiger partial charge in [0.15, 0.2) is 0 Å². The smallest absolute Gasteiger partial charge is 0.261 e. The molecule has 0 fully saturated rings. The van der Waals surface area contributed by atoms with E-state index in [9.17, 15) is 4.79 Å². The third-order valence-electron chi connectivity index (χ3n) is 3.62. The molecule has 0 bridgehead atoms. The number of aromatic amines is 1. The number of amides is 1. The molecule has 2 N–H and O–H groups in total. The van der Waals surface area contributed by atoms with Crippen LogP contribution in [0.25, 0.3) is 11.0 Å². The minimum atomic E-state index is -0.107. The molecule has 0 aliphatic carbocycles. The van der Waals surface area contributed by atoms with Crippen LogP contribution < -0.4 is 5.32 Å². The maximum absolute atomic E-state index is 12.5. The highest BCUT2D eigenvalue weighted by molar-refractivity contribution is 7.98. The molecule has 0 aliphatic rings. The maximum Gasteiger partial charge on any atom is 0.261 e. The molecule has 0 saturated heterocycles. The summed E-state index contributed by atoms with van der Waals surface area (Å²) in [6.07, 6.45) is 2.91. The lowest BCUT2D eigenvalue weighted by Gasteiger charge is -2.15. The topological polar surface area (TPSA) is 57.8 Å². The zero-order valence-corrected chi connectivity index (χ0v) is 14.8. The highest BCUT2D eigenvalue weighted by Crippen LogP contribution is 2.22. The fourth-order valence-corrected chi connectivity index (χ4v) is 3.68. The lowest BCUT2D eigenvalue weighted by Crippen LogP contribution is -2.29. The number of thiophene rings is 1. The number of benzene rings is 1. The van der Waals surface area contributed by atoms with Gasteiger partial charge < -0.3 is 10.3 Å². The van der Waals surface area contributed by atoms with Crippen LogP contribution in [-0.2, 0) is 0 Å². The van der Waals surface area contributed by atoms with Crippen molar-refractivity contribution in [2.45, 2.75) is 19.4 Å². The normalized spacial score (nSPS) is 12.4. The zero-order chi connectivity index (χ0) is 16.2. The van der Waals surface area contributed by atoms with Crippen molar-refractivity contribution in [1.29, 1.82) is 0 Å². The molecule has 4 nitrogen and oxygen atoms in total. The molecule has 2 heterocycles. The molecule has 1 amide bonds. The van der Waals surface area contributed by atoms with Gasteiger partial charge >= 0.3 is 0 Å². The van der Waals surface area contributed by atoms with Gasteiger partial charge in [-0.3, -0.25) is 4.79 Å². The van der Waals surface area contributed by atoms with Gasteiger partial charge in [0.05, 0.1) is 22.0 Å². The van der Waals surface area contributed by atoms with E-state index in [0.29, 0.717) is 0 Å². The summed E-state index contributed by atoms with van der Waals surface area (Å²) in [6, 6.07) is 11.7. The van der Waals surface area contributed by atoms with Crippen LogP contribution in [-0.4, -0.2) is 27.9 Å². The molecule has 0 aliphatic heterocycles. The Labute approximate surface area is 143 Å². The quantitative estimate of drug-likeness (QED) is 0.705. The number of hydrogen-bond donors (Lipinski definition) is 2. The average Bonchev–Trinajstić information content (AvgIpc) is 3.17. The molecule has 3 rings (SSSR count). The van der Waals surface area contributed by atoms with Crippen LogP contribution in [0.3, 0.4) is 0 Å². The van der Waals surface area contributed by atoms with E-state index in [4.69, 9.17) is 0 Å². The molecule has 2 aromatic heterocycles. The number of para-hydroxylation sites is 2. The summed E-state index contributed by atoms with van der Waals surface area (Å²) in [5.41, 5.74) is 1.93. The molecule has 0 spiro atoms. The molecule has 23 heavy (non-hydrogen) atoms. The van der Waals surface area contributed by atoms with E-state index in [1.165, 1.54) is 11.3 Å². The van der Waals surface area contributed by atoms with Gasteiger partial charge in [0.1, 0.15) is 5.82 Å². The SMILES string of the molecule is CSCCC(NC(=O)c1ccc(C)s1)c1nc2ccccc2[nH]1. The van der Waals surface area contributed by atoms with Gasteiger partial charge in [0, 0.05) is 4.88 Å². The van der Waals surface area contributed by atoms with Crippen LogP contribution in [0, 0.1) is 6.92 Å². The van der Waals surface area contributed by atoms with E-state index in [0.717, 1.165) is 38.8 Å². The van der Waals surface area contributed by atoms with Gasteiger partial charge in [-0.25, -0.2) is 4.98 Å². The molecule has 120 valence electrons. The minimum Gasteiger partial charge on any atom is -0.341 e. The van der Waals surface area contributed by atoms with Crippen molar-refractivity contribution in [3.63, 3.8) is 0 Å². The Morgan fingerprint density at radius 2 is 2.17 bits per heavy atom. The Kier molecular flexibility index (Phi) is 5.03. The van der Waals surface area contributed by atoms with Gasteiger partial charge in [-0.05, 0) is 49.6 Å². The number of nitrogens with zero attached hydrogens (tertiary/aromatic N) is 1. The van der Waals surface area contributed by atoms with E-state index >= 15 is 0 Å². The van der Waals surface area contributed by atoms with E-state index in [1.54, 1.807) is 11.8 Å². The lowest BCUT2D eigenvalue weighted by molar-refractivity contribution is 0.0938. The summed E-state index contributed by atoms with van der Waals surface area (Å²) in [7, 11) is 0. The Bertz CT molecular complexity index is 776. The Balaban J connectivity index is 1.83. The zero-order valence-electron chi connectivity index (χ0n) is 13.1. The fraction of sp³-hybridized carbons (Fsp3) is 0.294. The molecule has 3 aromatic rings. The van der Waals surface area contributed by atoms with Gasteiger partial charge in [-0.15, -0.1) is 11.3 Å². The molecule has 1 atom stereocenters. The summed E-state index contributed by atoms with van der Waals surface area (Å²) in [5, 5.41) is 3.12. The highest BCUT2D eigenvalue weighted by atomic mass is 32.2. The third kappa shape index (κ3) is 3.76. The minimum absolute atomic E-state index is 0.0327. The maximum atomic E-state index is 12.5. The first kappa shape index (κ1) is 16.1. The first-order valence-electron chi connectivity index (χ1n) is 7.48. The molecular weight excluding hydrogens is 326 g/mol. The van der Waals surface area contributed by atoms with Crippen molar-refractivity contribution in [1.82, 2.24) is 15.3 Å². The number of carbonyl (C=O) groups is 1. The largest absolute Gasteiger partial charge is 0.341 e. The summed E-state index contributed by atoms with van der Waals surface area (Å²) in [5.74, 6) is 1.75. The van der Waals surface area contributed by atoms with Gasteiger partial charge in [0.25, 0.3) is 5.91 Å². The monoisotopic (exact) mass is 345 g/mol. The number of nitrogens with one attached hydrogen (secondary N) is 2. The Morgan fingerprint density at radius 1 is 1.35 bits per heavy atom. The van der Waals surface area contributed by atoms with Crippen molar-refractivity contribution in [3.05, 3.63) is 52.0 Å².